The summed E-state index contributed by atoms with van der Waals surface area (Å²) < 4.78 is 40.6. The summed E-state index contributed by atoms with van der Waals surface area (Å²) in [7, 11) is -4.69. The predicted molar refractivity (Wildman–Crippen MR) is 66.4 cm³/mol. The molecule has 2 aromatic rings. The van der Waals surface area contributed by atoms with Gasteiger partial charge < -0.3 is 9.52 Å². The van der Waals surface area contributed by atoms with Gasteiger partial charge in [0, 0.05) is 11.5 Å². The van der Waals surface area contributed by atoms with Gasteiger partial charge >= 0.3 is 5.55 Å². The molecular weight excluding hydrogens is 302 g/mol. The Hall–Kier alpha value is -1.64. The van der Waals surface area contributed by atoms with E-state index in [2.05, 4.69) is 18.4 Å². The zero-order chi connectivity index (χ0) is 16.0. The summed E-state index contributed by atoms with van der Waals surface area (Å²) in [5.74, 6) is 0.230. The highest BCUT2D eigenvalue weighted by Gasteiger charge is 2.04. The Bertz CT molecular complexity index is 649. The van der Waals surface area contributed by atoms with Crippen LogP contribution in [0.2, 0.25) is 0 Å². The van der Waals surface area contributed by atoms with E-state index in [9.17, 15) is 5.11 Å². The maximum atomic E-state index is 9.40. The maximum Gasteiger partial charge on any atom is 0.367 e. The third kappa shape index (κ3) is 6.11. The van der Waals surface area contributed by atoms with Gasteiger partial charge in [-0.2, -0.15) is 18.6 Å². The largest absolute Gasteiger partial charge is 0.508 e. The highest BCUT2D eigenvalue weighted by atomic mass is 35.7. The fraction of sp³-hybridized carbons (Fsp3) is 0.308. The third-order valence-electron chi connectivity index (χ3n) is 2.69. The fourth-order valence-corrected chi connectivity index (χ4v) is 1.76. The molecule has 0 saturated carbocycles. The molecule has 1 aromatic heterocycles. The zero-order valence-electron chi connectivity index (χ0n) is 11.7. The molecule has 2 rings (SSSR count). The lowest BCUT2D eigenvalue weighted by molar-refractivity contribution is -1.92. The molecule has 0 amide bonds. The van der Waals surface area contributed by atoms with Crippen molar-refractivity contribution in [2.45, 2.75) is 13.8 Å². The molecule has 1 aromatic carbocycles. The van der Waals surface area contributed by atoms with Gasteiger partial charge in [0.05, 0.1) is 21.0 Å². The van der Waals surface area contributed by atoms with Crippen LogP contribution < -0.4 is 24.1 Å². The van der Waals surface area contributed by atoms with Crippen LogP contribution >= 0.6 is 0 Å². The van der Waals surface area contributed by atoms with Gasteiger partial charge in [-0.25, -0.2) is 0 Å². The summed E-state index contributed by atoms with van der Waals surface area (Å²) in [6.07, 6.45) is 0. The van der Waals surface area contributed by atoms with Crippen molar-refractivity contribution in [1.82, 2.24) is 4.58 Å². The number of aromatic hydroxyl groups is 1. The number of benzene rings is 1. The highest BCUT2D eigenvalue weighted by Crippen LogP contribution is 2.17. The van der Waals surface area contributed by atoms with Crippen molar-refractivity contribution >= 4 is 11.0 Å². The van der Waals surface area contributed by atoms with E-state index in [1.54, 1.807) is 12.1 Å². The Labute approximate surface area is 123 Å². The maximum absolute atomic E-state index is 9.40. The summed E-state index contributed by atoms with van der Waals surface area (Å²) in [4.78, 5) is 0. The van der Waals surface area contributed by atoms with Crippen molar-refractivity contribution in [3.8, 4) is 5.75 Å². The number of nitrogens with zero attached hydrogens (tertiary/aromatic N) is 1. The number of hydrogen-bond donors (Lipinski definition) is 2. The summed E-state index contributed by atoms with van der Waals surface area (Å²) >= 11 is 0. The van der Waals surface area contributed by atoms with Gasteiger partial charge in [-0.05, 0) is 32.0 Å². The van der Waals surface area contributed by atoms with Crippen molar-refractivity contribution in [2.75, 3.05) is 13.1 Å². The topological polar surface area (TPSA) is 126 Å². The van der Waals surface area contributed by atoms with Gasteiger partial charge in [0.1, 0.15) is 24.4 Å². The zero-order valence-corrected chi connectivity index (χ0v) is 12.4. The van der Waals surface area contributed by atoms with Crippen molar-refractivity contribution in [1.29, 1.82) is 0 Å². The van der Waals surface area contributed by atoms with E-state index in [0.29, 0.717) is 5.58 Å². The number of phenolic OH excluding ortho intramolecular Hbond substituents is 1. The van der Waals surface area contributed by atoms with Crippen LogP contribution in [0.15, 0.2) is 34.7 Å². The van der Waals surface area contributed by atoms with Crippen LogP contribution in [0.1, 0.15) is 13.8 Å². The molecule has 0 bridgehead atoms. The molecular formula is C13H17ClNO6+. The minimum atomic E-state index is -4.69. The second-order valence-electron chi connectivity index (χ2n) is 4.06. The van der Waals surface area contributed by atoms with Gasteiger partial charge in [0.2, 0.25) is 0 Å². The van der Waals surface area contributed by atoms with Crippen LogP contribution in [0.25, 0.3) is 11.0 Å². The van der Waals surface area contributed by atoms with Crippen molar-refractivity contribution < 1.29 is 38.4 Å². The lowest BCUT2D eigenvalue weighted by Gasteiger charge is -2.03. The van der Waals surface area contributed by atoms with Crippen molar-refractivity contribution in [3.05, 3.63) is 35.9 Å². The summed E-state index contributed by atoms with van der Waals surface area (Å²) in [6, 6.07) is 9.12. The number of fused-ring (bicyclic) bond motifs is 1. The normalized spacial score (nSPS) is 11.0. The Kier molecular flexibility index (Phi) is 6.13. The molecule has 0 spiro atoms. The molecule has 2 N–H and O–H groups in total. The van der Waals surface area contributed by atoms with Gasteiger partial charge in [-0.1, -0.05) is 0 Å². The second-order valence-corrected chi connectivity index (χ2v) is 4.86. The van der Waals surface area contributed by atoms with Crippen LogP contribution in [-0.4, -0.2) is 22.9 Å². The molecule has 0 saturated heterocycles. The Morgan fingerprint density at radius 1 is 1.10 bits per heavy atom. The molecule has 8 heteroatoms. The van der Waals surface area contributed by atoms with E-state index < -0.39 is 10.2 Å². The number of phenols is 1. The van der Waals surface area contributed by atoms with Crippen molar-refractivity contribution in [2.24, 2.45) is 0 Å². The molecule has 0 radical (unpaired) electrons. The molecule has 0 atom stereocenters. The quantitative estimate of drug-likeness (QED) is 0.607. The first kappa shape index (κ1) is 17.4. The summed E-state index contributed by atoms with van der Waals surface area (Å²) in [5, 5.41) is 10.4. The lowest BCUT2D eigenvalue weighted by atomic mass is 10.2. The fourth-order valence-electron chi connectivity index (χ4n) is 1.76. The van der Waals surface area contributed by atoms with Crippen LogP contribution in [0.4, 0.5) is 0 Å². The van der Waals surface area contributed by atoms with Crippen LogP contribution in [-0.2, 0) is 0 Å². The molecule has 21 heavy (non-hydrogen) atoms. The molecule has 0 aliphatic rings. The van der Waals surface area contributed by atoms with Crippen LogP contribution in [0, 0.1) is 10.2 Å². The molecule has 1 heterocycles. The monoisotopic (exact) mass is 318 g/mol. The third-order valence-corrected chi connectivity index (χ3v) is 2.69. The molecule has 0 aliphatic carbocycles. The van der Waals surface area contributed by atoms with Crippen molar-refractivity contribution in [3.63, 3.8) is 0 Å². The van der Waals surface area contributed by atoms with Crippen LogP contribution in [0.3, 0.4) is 0 Å². The molecule has 0 aliphatic heterocycles. The minimum absolute atomic E-state index is 0.230. The number of hydrogen-bond acceptors (Lipinski definition) is 6. The first-order valence-electron chi connectivity index (χ1n) is 6.18. The standard InChI is InChI=1S/C13H15NO2.ClHO4/c1-3-14(4-2)13-8-6-10-5-7-11(15)9-12(10)16-13;2-1(3,4)5/h5-9H,3-4H2,1-2H3;(H,2,3,4,5)/p+1. The average molecular weight is 319 g/mol. The van der Waals surface area contributed by atoms with E-state index >= 15 is 0 Å². The van der Waals surface area contributed by atoms with Gasteiger partial charge in [-0.3, -0.25) is 0 Å². The van der Waals surface area contributed by atoms with E-state index in [4.69, 9.17) is 23.1 Å². The SMILES string of the molecule is CC[N+](CC)=c1ccc2ccc(O)cc2o1.[O-][Cl+3]([O-])([O-])O. The average Bonchev–Trinajstić information content (AvgIpc) is 2.37. The van der Waals surface area contributed by atoms with E-state index in [0.717, 1.165) is 24.0 Å². The first-order chi connectivity index (χ1) is 9.74. The Morgan fingerprint density at radius 3 is 2.14 bits per heavy atom. The highest BCUT2D eigenvalue weighted by molar-refractivity contribution is 5.77. The Balaban J connectivity index is 0.000000383. The number of halogens is 1. The molecule has 0 fully saturated rings. The van der Waals surface area contributed by atoms with E-state index in [1.165, 1.54) is 0 Å². The molecule has 0 unspecified atom stereocenters. The smallest absolute Gasteiger partial charge is 0.367 e. The predicted octanol–water partition coefficient (Wildman–Crippen LogP) is -2.17. The summed E-state index contributed by atoms with van der Waals surface area (Å²) in [6.45, 7) is 5.99. The minimum Gasteiger partial charge on any atom is -0.508 e. The van der Waals surface area contributed by atoms with Gasteiger partial charge in [0.15, 0.2) is 0 Å². The Morgan fingerprint density at radius 2 is 1.62 bits per heavy atom. The lowest BCUT2D eigenvalue weighted by Crippen LogP contribution is -2.58. The van der Waals surface area contributed by atoms with Gasteiger partial charge in [-0.15, -0.1) is 0 Å². The first-order valence-corrected chi connectivity index (χ1v) is 7.45. The molecule has 7 nitrogen and oxygen atoms in total. The van der Waals surface area contributed by atoms with E-state index in [-0.39, 0.29) is 5.75 Å². The summed E-state index contributed by atoms with van der Waals surface area (Å²) in [5.41, 5.74) is 1.55. The van der Waals surface area contributed by atoms with Crippen LogP contribution in [0.5, 0.6) is 5.75 Å². The second kappa shape index (κ2) is 7.39. The molecule has 116 valence electrons. The number of rotatable bonds is 2. The van der Waals surface area contributed by atoms with E-state index in [1.807, 2.05) is 18.2 Å². The van der Waals surface area contributed by atoms with Gasteiger partial charge in [0.25, 0.3) is 0 Å².